The van der Waals surface area contributed by atoms with Gasteiger partial charge in [0.1, 0.15) is 6.04 Å². The molecule has 2 N–H and O–H groups in total. The van der Waals surface area contributed by atoms with E-state index in [1.54, 1.807) is 9.91 Å². The molecule has 7 heteroatoms. The van der Waals surface area contributed by atoms with Gasteiger partial charge in [-0.2, -0.15) is 0 Å². The summed E-state index contributed by atoms with van der Waals surface area (Å²) in [5.74, 6) is -1.73. The molecule has 1 fully saturated rings. The van der Waals surface area contributed by atoms with Gasteiger partial charge in [0.2, 0.25) is 0 Å². The number of amides is 3. The predicted octanol–water partition coefficient (Wildman–Crippen LogP) is 1.12. The molecule has 3 amide bonds. The molecule has 2 aliphatic rings. The minimum atomic E-state index is -0.821. The van der Waals surface area contributed by atoms with E-state index in [-0.39, 0.29) is 11.9 Å². The standard InChI is InChI=1S/C18H24N4O3/c1-12(2)22-14-9-5-4-8-13(14)15(18(22)25)19-16(23)17(24)20-21-10-6-3-7-11-21/h4-5,8-9,12,15H,3,6-7,10-11H2,1-2H3,(H,19,23)(H,20,24)/t15-/m1/s1. The van der Waals surface area contributed by atoms with Crippen LogP contribution >= 0.6 is 0 Å². The van der Waals surface area contributed by atoms with Crippen LogP contribution in [0.3, 0.4) is 0 Å². The van der Waals surface area contributed by atoms with Crippen LogP contribution in [0.2, 0.25) is 0 Å². The molecule has 3 rings (SSSR count). The fourth-order valence-electron chi connectivity index (χ4n) is 3.41. The number of benzene rings is 1. The Balaban J connectivity index is 1.70. The van der Waals surface area contributed by atoms with Crippen molar-refractivity contribution in [3.63, 3.8) is 0 Å². The highest BCUT2D eigenvalue weighted by Gasteiger charge is 2.40. The Bertz CT molecular complexity index is 683. The van der Waals surface area contributed by atoms with E-state index in [0.29, 0.717) is 0 Å². The van der Waals surface area contributed by atoms with Gasteiger partial charge in [-0.05, 0) is 32.8 Å². The lowest BCUT2D eigenvalue weighted by atomic mass is 10.1. The molecule has 0 saturated carbocycles. The van der Waals surface area contributed by atoms with E-state index in [0.717, 1.165) is 43.6 Å². The molecule has 2 heterocycles. The van der Waals surface area contributed by atoms with E-state index in [4.69, 9.17) is 0 Å². The Labute approximate surface area is 147 Å². The summed E-state index contributed by atoms with van der Waals surface area (Å²) in [4.78, 5) is 38.8. The van der Waals surface area contributed by atoms with Gasteiger partial charge in [0.25, 0.3) is 5.91 Å². The van der Waals surface area contributed by atoms with E-state index >= 15 is 0 Å². The van der Waals surface area contributed by atoms with Crippen LogP contribution in [0.5, 0.6) is 0 Å². The highest BCUT2D eigenvalue weighted by molar-refractivity contribution is 6.35. The summed E-state index contributed by atoms with van der Waals surface area (Å²) in [5, 5.41) is 4.35. The molecule has 0 unspecified atom stereocenters. The number of nitrogens with one attached hydrogen (secondary N) is 2. The Hall–Kier alpha value is -2.41. The number of carbonyl (C=O) groups excluding carboxylic acids is 3. The third-order valence-corrected chi connectivity index (χ3v) is 4.61. The van der Waals surface area contributed by atoms with Gasteiger partial charge in [0.15, 0.2) is 0 Å². The minimum Gasteiger partial charge on any atom is -0.332 e. The normalized spacial score (nSPS) is 20.5. The maximum absolute atomic E-state index is 12.7. The van der Waals surface area contributed by atoms with E-state index in [1.807, 2.05) is 38.1 Å². The van der Waals surface area contributed by atoms with Crippen LogP contribution < -0.4 is 15.6 Å². The van der Waals surface area contributed by atoms with Crippen molar-refractivity contribution in [2.24, 2.45) is 0 Å². The van der Waals surface area contributed by atoms with Gasteiger partial charge in [-0.25, -0.2) is 5.01 Å². The van der Waals surface area contributed by atoms with Crippen molar-refractivity contribution in [1.82, 2.24) is 15.8 Å². The monoisotopic (exact) mass is 344 g/mol. The zero-order chi connectivity index (χ0) is 18.0. The first kappa shape index (κ1) is 17.4. The summed E-state index contributed by atoms with van der Waals surface area (Å²) >= 11 is 0. The van der Waals surface area contributed by atoms with E-state index in [1.165, 1.54) is 0 Å². The molecule has 25 heavy (non-hydrogen) atoms. The summed E-state index contributed by atoms with van der Waals surface area (Å²) in [5.41, 5.74) is 4.13. The molecular formula is C18H24N4O3. The summed E-state index contributed by atoms with van der Waals surface area (Å²) in [6.07, 6.45) is 3.14. The van der Waals surface area contributed by atoms with Crippen molar-refractivity contribution < 1.29 is 14.4 Å². The third-order valence-electron chi connectivity index (χ3n) is 4.61. The Morgan fingerprint density at radius 2 is 1.76 bits per heavy atom. The number of nitrogens with zero attached hydrogens (tertiary/aromatic N) is 2. The fraction of sp³-hybridized carbons (Fsp3) is 0.500. The fourth-order valence-corrected chi connectivity index (χ4v) is 3.41. The molecule has 7 nitrogen and oxygen atoms in total. The maximum Gasteiger partial charge on any atom is 0.323 e. The van der Waals surface area contributed by atoms with Gasteiger partial charge in [-0.1, -0.05) is 24.6 Å². The SMILES string of the molecule is CC(C)N1C(=O)[C@H](NC(=O)C(=O)NN2CCCCC2)c2ccccc21. The zero-order valence-corrected chi connectivity index (χ0v) is 14.6. The highest BCUT2D eigenvalue weighted by Crippen LogP contribution is 2.36. The van der Waals surface area contributed by atoms with Crippen LogP contribution in [0.4, 0.5) is 5.69 Å². The maximum atomic E-state index is 12.7. The van der Waals surface area contributed by atoms with Crippen LogP contribution in [0, 0.1) is 0 Å². The molecule has 0 aliphatic carbocycles. The molecule has 0 bridgehead atoms. The number of fused-ring (bicyclic) bond motifs is 1. The van der Waals surface area contributed by atoms with Crippen LogP contribution in [0.15, 0.2) is 24.3 Å². The number of hydrogen-bond donors (Lipinski definition) is 2. The zero-order valence-electron chi connectivity index (χ0n) is 14.6. The summed E-state index contributed by atoms with van der Waals surface area (Å²) < 4.78 is 0. The second-order valence-corrected chi connectivity index (χ2v) is 6.76. The molecule has 2 aliphatic heterocycles. The molecule has 1 atom stereocenters. The average molecular weight is 344 g/mol. The topological polar surface area (TPSA) is 81.8 Å². The lowest BCUT2D eigenvalue weighted by Gasteiger charge is -2.26. The first-order chi connectivity index (χ1) is 12.0. The largest absolute Gasteiger partial charge is 0.332 e. The molecule has 1 saturated heterocycles. The quantitative estimate of drug-likeness (QED) is 0.805. The summed E-state index contributed by atoms with van der Waals surface area (Å²) in [7, 11) is 0. The predicted molar refractivity (Wildman–Crippen MR) is 93.5 cm³/mol. The summed E-state index contributed by atoms with van der Waals surface area (Å²) in [6, 6.07) is 6.49. The van der Waals surface area contributed by atoms with Gasteiger partial charge in [-0.3, -0.25) is 19.8 Å². The molecule has 134 valence electrons. The Kier molecular flexibility index (Phi) is 5.03. The van der Waals surface area contributed by atoms with Crippen LogP contribution in [0.25, 0.3) is 0 Å². The van der Waals surface area contributed by atoms with E-state index < -0.39 is 17.9 Å². The Morgan fingerprint density at radius 3 is 2.44 bits per heavy atom. The second kappa shape index (κ2) is 7.23. The number of para-hydroxylation sites is 1. The highest BCUT2D eigenvalue weighted by atomic mass is 16.2. The first-order valence-corrected chi connectivity index (χ1v) is 8.77. The molecule has 1 aromatic rings. The molecule has 0 spiro atoms. The van der Waals surface area contributed by atoms with Gasteiger partial charge in [0.05, 0.1) is 0 Å². The first-order valence-electron chi connectivity index (χ1n) is 8.77. The number of hydrazine groups is 1. The minimum absolute atomic E-state index is 0.0299. The van der Waals surface area contributed by atoms with E-state index in [2.05, 4.69) is 10.7 Å². The van der Waals surface area contributed by atoms with Gasteiger partial charge >= 0.3 is 11.8 Å². The van der Waals surface area contributed by atoms with Crippen LogP contribution in [-0.4, -0.2) is 41.9 Å². The lowest BCUT2D eigenvalue weighted by Crippen LogP contribution is -2.51. The van der Waals surface area contributed by atoms with Crippen LogP contribution in [-0.2, 0) is 14.4 Å². The van der Waals surface area contributed by atoms with Crippen molar-refractivity contribution in [3.05, 3.63) is 29.8 Å². The molecule has 0 radical (unpaired) electrons. The third kappa shape index (κ3) is 3.51. The van der Waals surface area contributed by atoms with Crippen molar-refractivity contribution in [2.45, 2.75) is 45.2 Å². The van der Waals surface area contributed by atoms with Crippen molar-refractivity contribution in [3.8, 4) is 0 Å². The van der Waals surface area contributed by atoms with Crippen LogP contribution in [0.1, 0.15) is 44.7 Å². The number of hydrogen-bond acceptors (Lipinski definition) is 4. The number of piperidine rings is 1. The van der Waals surface area contributed by atoms with E-state index in [9.17, 15) is 14.4 Å². The number of carbonyl (C=O) groups is 3. The molecule has 1 aromatic carbocycles. The molecular weight excluding hydrogens is 320 g/mol. The molecule has 0 aromatic heterocycles. The van der Waals surface area contributed by atoms with Gasteiger partial charge in [-0.15, -0.1) is 0 Å². The summed E-state index contributed by atoms with van der Waals surface area (Å²) in [6.45, 7) is 5.32. The van der Waals surface area contributed by atoms with Crippen molar-refractivity contribution in [1.29, 1.82) is 0 Å². The lowest BCUT2D eigenvalue weighted by molar-refractivity contribution is -0.143. The second-order valence-electron chi connectivity index (χ2n) is 6.76. The van der Waals surface area contributed by atoms with Gasteiger partial charge in [0, 0.05) is 30.4 Å². The average Bonchev–Trinajstić information content (AvgIpc) is 2.88. The smallest absolute Gasteiger partial charge is 0.323 e. The van der Waals surface area contributed by atoms with Crippen molar-refractivity contribution in [2.75, 3.05) is 18.0 Å². The van der Waals surface area contributed by atoms with Crippen molar-refractivity contribution >= 4 is 23.4 Å². The number of anilines is 1. The van der Waals surface area contributed by atoms with Gasteiger partial charge < -0.3 is 10.2 Å². The Morgan fingerprint density at radius 1 is 1.08 bits per heavy atom. The number of rotatable bonds is 3.